The molecule has 1 atom stereocenters. The Balaban J connectivity index is 2.11. The third-order valence-corrected chi connectivity index (χ3v) is 4.77. The number of carbonyl (C=O) groups is 2. The van der Waals surface area contributed by atoms with E-state index < -0.39 is 0 Å². The first-order valence-electron chi connectivity index (χ1n) is 9.47. The van der Waals surface area contributed by atoms with Crippen LogP contribution in [0.5, 0.6) is 0 Å². The number of nitrogens with one attached hydrogen (secondary N) is 1. The molecular formula is C22H30N2O3. The van der Waals surface area contributed by atoms with E-state index in [2.05, 4.69) is 19.2 Å². The second-order valence-electron chi connectivity index (χ2n) is 7.39. The van der Waals surface area contributed by atoms with Crippen molar-refractivity contribution in [2.45, 2.75) is 53.6 Å². The molecule has 5 heteroatoms. The summed E-state index contributed by atoms with van der Waals surface area (Å²) in [4.78, 5) is 27.1. The molecule has 1 aromatic heterocycles. The molecule has 0 bridgehead atoms. The van der Waals surface area contributed by atoms with Crippen molar-refractivity contribution in [1.82, 2.24) is 10.2 Å². The number of furan rings is 1. The van der Waals surface area contributed by atoms with Crippen LogP contribution in [0, 0.1) is 19.8 Å². The van der Waals surface area contributed by atoms with Crippen LogP contribution in [-0.2, 0) is 11.3 Å². The van der Waals surface area contributed by atoms with E-state index in [1.165, 1.54) is 0 Å². The Labute approximate surface area is 161 Å². The lowest BCUT2D eigenvalue weighted by Crippen LogP contribution is -2.39. The highest BCUT2D eigenvalue weighted by molar-refractivity contribution is 5.95. The van der Waals surface area contributed by atoms with Gasteiger partial charge in [0.15, 0.2) is 0 Å². The summed E-state index contributed by atoms with van der Waals surface area (Å²) >= 11 is 0. The molecule has 1 N–H and O–H groups in total. The average molecular weight is 370 g/mol. The van der Waals surface area contributed by atoms with E-state index in [1.54, 1.807) is 17.9 Å². The van der Waals surface area contributed by atoms with E-state index >= 15 is 0 Å². The summed E-state index contributed by atoms with van der Waals surface area (Å²) in [6, 6.07) is 11.7. The van der Waals surface area contributed by atoms with Crippen molar-refractivity contribution in [2.75, 3.05) is 6.54 Å². The number of hydrogen-bond donors (Lipinski definition) is 1. The number of benzene rings is 1. The third kappa shape index (κ3) is 5.98. The largest absolute Gasteiger partial charge is 0.466 e. The molecular weight excluding hydrogens is 340 g/mol. The summed E-state index contributed by atoms with van der Waals surface area (Å²) in [5.74, 6) is 1.53. The Bertz CT molecular complexity index is 765. The Morgan fingerprint density at radius 2 is 1.78 bits per heavy atom. The summed E-state index contributed by atoms with van der Waals surface area (Å²) < 4.78 is 5.51. The molecule has 1 heterocycles. The third-order valence-electron chi connectivity index (χ3n) is 4.77. The second kappa shape index (κ2) is 9.40. The molecule has 27 heavy (non-hydrogen) atoms. The van der Waals surface area contributed by atoms with Crippen molar-refractivity contribution in [3.8, 4) is 0 Å². The summed E-state index contributed by atoms with van der Waals surface area (Å²) in [5.41, 5.74) is 1.58. The normalized spacial score (nSPS) is 12.1. The monoisotopic (exact) mass is 370 g/mol. The van der Waals surface area contributed by atoms with Gasteiger partial charge < -0.3 is 14.6 Å². The fraction of sp³-hybridized carbons (Fsp3) is 0.455. The number of carbonyl (C=O) groups excluding carboxylic acids is 2. The maximum absolute atomic E-state index is 13.1. The van der Waals surface area contributed by atoms with Crippen molar-refractivity contribution in [1.29, 1.82) is 0 Å². The Kier molecular flexibility index (Phi) is 7.22. The number of rotatable bonds is 8. The number of nitrogens with zero attached hydrogens (tertiary/aromatic N) is 1. The summed E-state index contributed by atoms with van der Waals surface area (Å²) in [5, 5.41) is 3.00. The van der Waals surface area contributed by atoms with Crippen LogP contribution in [-0.4, -0.2) is 29.3 Å². The van der Waals surface area contributed by atoms with Crippen molar-refractivity contribution in [3.63, 3.8) is 0 Å². The molecule has 0 aliphatic heterocycles. The van der Waals surface area contributed by atoms with E-state index in [-0.39, 0.29) is 24.3 Å². The molecule has 0 saturated carbocycles. The van der Waals surface area contributed by atoms with Crippen LogP contribution >= 0.6 is 0 Å². The van der Waals surface area contributed by atoms with Crippen molar-refractivity contribution < 1.29 is 14.0 Å². The minimum absolute atomic E-state index is 0.0397. The Hall–Kier alpha value is -2.56. The van der Waals surface area contributed by atoms with Crippen LogP contribution in [0.25, 0.3) is 0 Å². The van der Waals surface area contributed by atoms with Crippen LogP contribution in [0.2, 0.25) is 0 Å². The zero-order chi connectivity index (χ0) is 20.0. The minimum Gasteiger partial charge on any atom is -0.466 e. The molecule has 2 rings (SSSR count). The standard InChI is InChI=1S/C22H30N2O3/c1-15(2)17(4)23-21(25)11-12-24(14-19-9-7-6-8-10-19)22(26)20-13-16(3)27-18(20)5/h6-10,13,15,17H,11-12,14H2,1-5H3,(H,23,25)/t17-/m1/s1. The van der Waals surface area contributed by atoms with Gasteiger partial charge in [-0.25, -0.2) is 0 Å². The van der Waals surface area contributed by atoms with E-state index in [0.717, 1.165) is 5.56 Å². The smallest absolute Gasteiger partial charge is 0.257 e. The van der Waals surface area contributed by atoms with Crippen molar-refractivity contribution >= 4 is 11.8 Å². The maximum Gasteiger partial charge on any atom is 0.257 e. The molecule has 0 radical (unpaired) electrons. The van der Waals surface area contributed by atoms with Gasteiger partial charge in [-0.2, -0.15) is 0 Å². The zero-order valence-corrected chi connectivity index (χ0v) is 16.9. The highest BCUT2D eigenvalue weighted by Gasteiger charge is 2.22. The number of hydrogen-bond acceptors (Lipinski definition) is 3. The predicted octanol–water partition coefficient (Wildman–Crippen LogP) is 4.09. The summed E-state index contributed by atoms with van der Waals surface area (Å²) in [6.07, 6.45) is 0.269. The SMILES string of the molecule is Cc1cc(C(=O)N(CCC(=O)N[C@H](C)C(C)C)Cc2ccccc2)c(C)o1. The van der Waals surface area contributed by atoms with Gasteiger partial charge in [-0.15, -0.1) is 0 Å². The molecule has 0 fully saturated rings. The van der Waals surface area contributed by atoms with Gasteiger partial charge in [-0.1, -0.05) is 44.2 Å². The molecule has 2 amide bonds. The van der Waals surface area contributed by atoms with Gasteiger partial charge in [0, 0.05) is 25.6 Å². The molecule has 0 aliphatic rings. The highest BCUT2D eigenvalue weighted by atomic mass is 16.3. The van der Waals surface area contributed by atoms with Gasteiger partial charge in [-0.05, 0) is 38.3 Å². The van der Waals surface area contributed by atoms with Gasteiger partial charge in [0.2, 0.25) is 5.91 Å². The summed E-state index contributed by atoms with van der Waals surface area (Å²) in [6.45, 7) is 10.6. The molecule has 0 aliphatic carbocycles. The number of aryl methyl sites for hydroxylation is 2. The van der Waals surface area contributed by atoms with Crippen molar-refractivity contribution in [2.24, 2.45) is 5.92 Å². The van der Waals surface area contributed by atoms with Crippen LogP contribution in [0.15, 0.2) is 40.8 Å². The fourth-order valence-corrected chi connectivity index (χ4v) is 2.80. The van der Waals surface area contributed by atoms with E-state index in [0.29, 0.717) is 36.1 Å². The Morgan fingerprint density at radius 3 is 2.33 bits per heavy atom. The molecule has 5 nitrogen and oxygen atoms in total. The van der Waals surface area contributed by atoms with Crippen LogP contribution in [0.1, 0.15) is 54.6 Å². The van der Waals surface area contributed by atoms with Gasteiger partial charge in [0.1, 0.15) is 11.5 Å². The minimum atomic E-state index is -0.113. The molecule has 0 spiro atoms. The highest BCUT2D eigenvalue weighted by Crippen LogP contribution is 2.18. The lowest BCUT2D eigenvalue weighted by Gasteiger charge is -2.23. The van der Waals surface area contributed by atoms with Gasteiger partial charge in [0.05, 0.1) is 5.56 Å². The molecule has 2 aromatic rings. The molecule has 146 valence electrons. The first kappa shape index (κ1) is 20.7. The second-order valence-corrected chi connectivity index (χ2v) is 7.39. The maximum atomic E-state index is 13.1. The number of amides is 2. The lowest BCUT2D eigenvalue weighted by molar-refractivity contribution is -0.122. The van der Waals surface area contributed by atoms with Gasteiger partial charge >= 0.3 is 0 Å². The van der Waals surface area contributed by atoms with Gasteiger partial charge in [-0.3, -0.25) is 9.59 Å². The summed E-state index contributed by atoms with van der Waals surface area (Å²) in [7, 11) is 0. The van der Waals surface area contributed by atoms with E-state index in [9.17, 15) is 9.59 Å². The average Bonchev–Trinajstić information content (AvgIpc) is 2.97. The van der Waals surface area contributed by atoms with E-state index in [1.807, 2.05) is 44.2 Å². The van der Waals surface area contributed by atoms with Crippen LogP contribution in [0.3, 0.4) is 0 Å². The molecule has 1 aromatic carbocycles. The first-order valence-corrected chi connectivity index (χ1v) is 9.47. The van der Waals surface area contributed by atoms with Crippen LogP contribution in [0.4, 0.5) is 0 Å². The topological polar surface area (TPSA) is 62.6 Å². The zero-order valence-electron chi connectivity index (χ0n) is 16.9. The fourth-order valence-electron chi connectivity index (χ4n) is 2.80. The molecule has 0 saturated heterocycles. The molecule has 0 unspecified atom stereocenters. The first-order chi connectivity index (χ1) is 12.8. The van der Waals surface area contributed by atoms with Gasteiger partial charge in [0.25, 0.3) is 5.91 Å². The van der Waals surface area contributed by atoms with E-state index in [4.69, 9.17) is 4.42 Å². The predicted molar refractivity (Wildman–Crippen MR) is 106 cm³/mol. The van der Waals surface area contributed by atoms with Crippen LogP contribution < -0.4 is 5.32 Å². The lowest BCUT2D eigenvalue weighted by atomic mass is 10.1. The Morgan fingerprint density at radius 1 is 1.11 bits per heavy atom. The quantitative estimate of drug-likeness (QED) is 0.761. The van der Waals surface area contributed by atoms with Crippen molar-refractivity contribution in [3.05, 3.63) is 59.0 Å².